The Labute approximate surface area is 148 Å². The van der Waals surface area contributed by atoms with Crippen LogP contribution in [0.3, 0.4) is 0 Å². The molecular weight excluding hydrogens is 318 g/mol. The molecule has 1 saturated heterocycles. The molecule has 5 heteroatoms. The van der Waals surface area contributed by atoms with E-state index in [0.29, 0.717) is 24.5 Å². The summed E-state index contributed by atoms with van der Waals surface area (Å²) in [5.41, 5.74) is 0.862. The van der Waals surface area contributed by atoms with Crippen LogP contribution in [0.2, 0.25) is 0 Å². The summed E-state index contributed by atoms with van der Waals surface area (Å²) in [5, 5.41) is 0. The first-order chi connectivity index (χ1) is 12.2. The Hall–Kier alpha value is -2.69. The number of likely N-dealkylation sites (tertiary alicyclic amines) is 1. The van der Waals surface area contributed by atoms with E-state index in [9.17, 15) is 4.79 Å². The van der Waals surface area contributed by atoms with Crippen molar-refractivity contribution in [2.75, 3.05) is 27.3 Å². The molecule has 1 fully saturated rings. The van der Waals surface area contributed by atoms with E-state index >= 15 is 0 Å². The lowest BCUT2D eigenvalue weighted by atomic mass is 10.1. The van der Waals surface area contributed by atoms with Gasteiger partial charge < -0.3 is 19.1 Å². The molecule has 1 aliphatic heterocycles. The molecule has 1 unspecified atom stereocenters. The molecule has 0 saturated carbocycles. The standard InChI is InChI=1S/C20H23NO4/c1-23-17-9-8-15(19(13-17)24-2)12-20(22)21-11-10-18(14-21)25-16-6-4-3-5-7-16/h3-9,13,18H,10-12,14H2,1-2H3. The summed E-state index contributed by atoms with van der Waals surface area (Å²) in [6.45, 7) is 1.33. The minimum absolute atomic E-state index is 0.0455. The maximum absolute atomic E-state index is 12.6. The van der Waals surface area contributed by atoms with E-state index in [4.69, 9.17) is 14.2 Å². The van der Waals surface area contributed by atoms with Gasteiger partial charge in [-0.25, -0.2) is 0 Å². The van der Waals surface area contributed by atoms with E-state index in [2.05, 4.69) is 0 Å². The monoisotopic (exact) mass is 341 g/mol. The first-order valence-electron chi connectivity index (χ1n) is 8.40. The van der Waals surface area contributed by atoms with Crippen molar-refractivity contribution in [2.45, 2.75) is 18.9 Å². The van der Waals surface area contributed by atoms with E-state index in [-0.39, 0.29) is 12.0 Å². The highest BCUT2D eigenvalue weighted by molar-refractivity contribution is 5.80. The molecule has 0 aliphatic carbocycles. The number of para-hydroxylation sites is 1. The summed E-state index contributed by atoms with van der Waals surface area (Å²) < 4.78 is 16.5. The van der Waals surface area contributed by atoms with Crippen LogP contribution in [0.15, 0.2) is 48.5 Å². The predicted molar refractivity (Wildman–Crippen MR) is 95.3 cm³/mol. The van der Waals surface area contributed by atoms with Crippen LogP contribution < -0.4 is 14.2 Å². The van der Waals surface area contributed by atoms with Crippen LogP contribution in [0.5, 0.6) is 17.2 Å². The van der Waals surface area contributed by atoms with Crippen molar-refractivity contribution in [3.8, 4) is 17.2 Å². The Bertz CT molecular complexity index is 717. The van der Waals surface area contributed by atoms with Crippen molar-refractivity contribution in [1.82, 2.24) is 4.90 Å². The Morgan fingerprint density at radius 1 is 1.08 bits per heavy atom. The molecule has 2 aromatic rings. The molecular formula is C20H23NO4. The van der Waals surface area contributed by atoms with Crippen LogP contribution in [-0.2, 0) is 11.2 Å². The smallest absolute Gasteiger partial charge is 0.227 e. The zero-order valence-corrected chi connectivity index (χ0v) is 14.6. The molecule has 1 amide bonds. The highest BCUT2D eigenvalue weighted by Gasteiger charge is 2.28. The summed E-state index contributed by atoms with van der Waals surface area (Å²) in [6.07, 6.45) is 1.20. The Morgan fingerprint density at radius 3 is 2.60 bits per heavy atom. The van der Waals surface area contributed by atoms with Crippen molar-refractivity contribution in [3.05, 3.63) is 54.1 Å². The fourth-order valence-corrected chi connectivity index (χ4v) is 3.02. The number of rotatable bonds is 6. The van der Waals surface area contributed by atoms with Crippen LogP contribution in [0.1, 0.15) is 12.0 Å². The molecule has 1 atom stereocenters. The van der Waals surface area contributed by atoms with Gasteiger partial charge in [0.1, 0.15) is 23.4 Å². The van der Waals surface area contributed by atoms with Gasteiger partial charge in [-0.15, -0.1) is 0 Å². The van der Waals surface area contributed by atoms with Crippen LogP contribution in [0.4, 0.5) is 0 Å². The van der Waals surface area contributed by atoms with Gasteiger partial charge in [-0.05, 0) is 18.2 Å². The molecule has 0 N–H and O–H groups in total. The van der Waals surface area contributed by atoms with Crippen molar-refractivity contribution in [1.29, 1.82) is 0 Å². The molecule has 0 radical (unpaired) electrons. The highest BCUT2D eigenvalue weighted by atomic mass is 16.5. The minimum Gasteiger partial charge on any atom is -0.497 e. The van der Waals surface area contributed by atoms with E-state index in [1.807, 2.05) is 47.4 Å². The lowest BCUT2D eigenvalue weighted by molar-refractivity contribution is -0.129. The van der Waals surface area contributed by atoms with Gasteiger partial charge in [0.25, 0.3) is 0 Å². The van der Waals surface area contributed by atoms with Gasteiger partial charge in [-0.3, -0.25) is 4.79 Å². The topological polar surface area (TPSA) is 48.0 Å². The second-order valence-electron chi connectivity index (χ2n) is 6.04. The number of benzene rings is 2. The van der Waals surface area contributed by atoms with Crippen molar-refractivity contribution in [3.63, 3.8) is 0 Å². The molecule has 25 heavy (non-hydrogen) atoms. The van der Waals surface area contributed by atoms with Gasteiger partial charge in [0.15, 0.2) is 0 Å². The SMILES string of the molecule is COc1ccc(CC(=O)N2CCC(Oc3ccccc3)C2)c(OC)c1. The number of nitrogens with zero attached hydrogens (tertiary/aromatic N) is 1. The number of carbonyl (C=O) groups is 1. The summed E-state index contributed by atoms with van der Waals surface area (Å²) >= 11 is 0. The van der Waals surface area contributed by atoms with Crippen LogP contribution in [-0.4, -0.2) is 44.2 Å². The quantitative estimate of drug-likeness (QED) is 0.811. The molecule has 3 rings (SSSR count). The summed E-state index contributed by atoms with van der Waals surface area (Å²) in [4.78, 5) is 14.5. The lowest BCUT2D eigenvalue weighted by Gasteiger charge is -2.18. The Balaban J connectivity index is 1.59. The molecule has 5 nitrogen and oxygen atoms in total. The first-order valence-corrected chi connectivity index (χ1v) is 8.40. The third kappa shape index (κ3) is 4.24. The highest BCUT2D eigenvalue weighted by Crippen LogP contribution is 2.26. The molecule has 0 spiro atoms. The summed E-state index contributed by atoms with van der Waals surface area (Å²) in [7, 11) is 3.21. The van der Waals surface area contributed by atoms with Crippen LogP contribution >= 0.6 is 0 Å². The van der Waals surface area contributed by atoms with E-state index < -0.39 is 0 Å². The molecule has 0 bridgehead atoms. The third-order valence-electron chi connectivity index (χ3n) is 4.38. The normalized spacial score (nSPS) is 16.6. The predicted octanol–water partition coefficient (Wildman–Crippen LogP) is 2.93. The lowest BCUT2D eigenvalue weighted by Crippen LogP contribution is -2.32. The van der Waals surface area contributed by atoms with Crippen molar-refractivity contribution >= 4 is 5.91 Å². The average Bonchev–Trinajstić information content (AvgIpc) is 3.11. The van der Waals surface area contributed by atoms with Gasteiger partial charge in [0.2, 0.25) is 5.91 Å². The molecule has 132 valence electrons. The van der Waals surface area contributed by atoms with Gasteiger partial charge in [-0.2, -0.15) is 0 Å². The number of hydrogen-bond acceptors (Lipinski definition) is 4. The molecule has 1 aliphatic rings. The second-order valence-corrected chi connectivity index (χ2v) is 6.04. The number of carbonyl (C=O) groups excluding carboxylic acids is 1. The zero-order chi connectivity index (χ0) is 17.6. The maximum atomic E-state index is 12.6. The Kier molecular flexibility index (Phi) is 5.43. The maximum Gasteiger partial charge on any atom is 0.227 e. The van der Waals surface area contributed by atoms with Crippen molar-refractivity contribution in [2.24, 2.45) is 0 Å². The molecule has 0 aromatic heterocycles. The van der Waals surface area contributed by atoms with Gasteiger partial charge in [0, 0.05) is 24.6 Å². The molecule has 1 heterocycles. The Morgan fingerprint density at radius 2 is 1.88 bits per heavy atom. The number of ether oxygens (including phenoxy) is 3. The van der Waals surface area contributed by atoms with Crippen molar-refractivity contribution < 1.29 is 19.0 Å². The fraction of sp³-hybridized carbons (Fsp3) is 0.350. The van der Waals surface area contributed by atoms with E-state index in [0.717, 1.165) is 24.3 Å². The number of amides is 1. The van der Waals surface area contributed by atoms with Crippen LogP contribution in [0.25, 0.3) is 0 Å². The van der Waals surface area contributed by atoms with Gasteiger partial charge in [-0.1, -0.05) is 24.3 Å². The van der Waals surface area contributed by atoms with Crippen LogP contribution in [0, 0.1) is 0 Å². The second kappa shape index (κ2) is 7.92. The zero-order valence-electron chi connectivity index (χ0n) is 14.6. The average molecular weight is 341 g/mol. The fourth-order valence-electron chi connectivity index (χ4n) is 3.02. The molecule has 2 aromatic carbocycles. The van der Waals surface area contributed by atoms with Gasteiger partial charge in [0.05, 0.1) is 27.2 Å². The van der Waals surface area contributed by atoms with Gasteiger partial charge >= 0.3 is 0 Å². The third-order valence-corrected chi connectivity index (χ3v) is 4.38. The summed E-state index contributed by atoms with van der Waals surface area (Å²) in [5.74, 6) is 2.32. The number of hydrogen-bond donors (Lipinski definition) is 0. The summed E-state index contributed by atoms with van der Waals surface area (Å²) in [6, 6.07) is 15.2. The largest absolute Gasteiger partial charge is 0.497 e. The van der Waals surface area contributed by atoms with E-state index in [1.54, 1.807) is 20.3 Å². The minimum atomic E-state index is 0.0455. The number of methoxy groups -OCH3 is 2. The van der Waals surface area contributed by atoms with E-state index in [1.165, 1.54) is 0 Å². The first kappa shape index (κ1) is 17.1.